The lowest BCUT2D eigenvalue weighted by Gasteiger charge is -2.17. The third kappa shape index (κ3) is 4.80. The minimum absolute atomic E-state index is 0.157. The third-order valence-corrected chi connectivity index (χ3v) is 4.22. The summed E-state index contributed by atoms with van der Waals surface area (Å²) in [6.45, 7) is 2.51. The highest BCUT2D eigenvalue weighted by atomic mass is 16.3. The number of benzene rings is 2. The number of carbonyl (C=O) groups excluding carboxylic acids is 1. The van der Waals surface area contributed by atoms with Gasteiger partial charge in [0.2, 0.25) is 0 Å². The Bertz CT molecular complexity index is 831. The molecule has 0 fully saturated rings. The van der Waals surface area contributed by atoms with Crippen LogP contribution < -0.4 is 5.32 Å². The molecule has 134 valence electrons. The van der Waals surface area contributed by atoms with E-state index < -0.39 is 6.10 Å². The van der Waals surface area contributed by atoms with Gasteiger partial charge in [-0.3, -0.25) is 9.48 Å². The van der Waals surface area contributed by atoms with Crippen LogP contribution in [0.2, 0.25) is 0 Å². The van der Waals surface area contributed by atoms with Gasteiger partial charge in [0.1, 0.15) is 0 Å². The van der Waals surface area contributed by atoms with Gasteiger partial charge in [0.25, 0.3) is 5.91 Å². The molecule has 0 aliphatic carbocycles. The van der Waals surface area contributed by atoms with Gasteiger partial charge in [-0.15, -0.1) is 0 Å². The van der Waals surface area contributed by atoms with E-state index in [1.54, 1.807) is 17.1 Å². The zero-order valence-electron chi connectivity index (χ0n) is 14.7. The maximum atomic E-state index is 12.4. The van der Waals surface area contributed by atoms with E-state index in [1.807, 2.05) is 67.6 Å². The predicted molar refractivity (Wildman–Crippen MR) is 101 cm³/mol. The topological polar surface area (TPSA) is 67.2 Å². The van der Waals surface area contributed by atoms with Crippen molar-refractivity contribution in [1.82, 2.24) is 15.1 Å². The second-order valence-electron chi connectivity index (χ2n) is 6.45. The molecule has 0 saturated carbocycles. The lowest BCUT2D eigenvalue weighted by atomic mass is 10.0. The molecule has 5 heteroatoms. The summed E-state index contributed by atoms with van der Waals surface area (Å²) >= 11 is 0. The zero-order chi connectivity index (χ0) is 18.4. The first-order valence-corrected chi connectivity index (χ1v) is 8.72. The lowest BCUT2D eigenvalue weighted by molar-refractivity contribution is 0.0917. The minimum Gasteiger partial charge on any atom is -0.388 e. The van der Waals surface area contributed by atoms with Gasteiger partial charge in [-0.1, -0.05) is 60.7 Å². The SMILES string of the molecule is CC(CC(O)c1ccccc1)NC(=O)c1cnn(Cc2ccccc2)c1. The molecule has 0 saturated heterocycles. The molecular weight excluding hydrogens is 326 g/mol. The van der Waals surface area contributed by atoms with Crippen LogP contribution in [0.1, 0.15) is 40.9 Å². The molecule has 1 amide bonds. The molecule has 0 bridgehead atoms. The molecule has 0 spiro atoms. The summed E-state index contributed by atoms with van der Waals surface area (Å²) in [5, 5.41) is 17.5. The van der Waals surface area contributed by atoms with E-state index in [9.17, 15) is 9.90 Å². The third-order valence-electron chi connectivity index (χ3n) is 4.22. The summed E-state index contributed by atoms with van der Waals surface area (Å²) in [6.07, 6.45) is 3.15. The van der Waals surface area contributed by atoms with Crippen molar-refractivity contribution in [2.24, 2.45) is 0 Å². The first-order chi connectivity index (χ1) is 12.6. The molecule has 3 rings (SSSR count). The van der Waals surface area contributed by atoms with Gasteiger partial charge < -0.3 is 10.4 Å². The van der Waals surface area contributed by atoms with Gasteiger partial charge in [0, 0.05) is 12.2 Å². The van der Waals surface area contributed by atoms with Gasteiger partial charge in [-0.25, -0.2) is 0 Å². The van der Waals surface area contributed by atoms with Crippen molar-refractivity contribution in [2.75, 3.05) is 0 Å². The second kappa shape index (κ2) is 8.45. The Kier molecular flexibility index (Phi) is 5.81. The van der Waals surface area contributed by atoms with Crippen LogP contribution in [0.15, 0.2) is 73.1 Å². The van der Waals surface area contributed by atoms with E-state index >= 15 is 0 Å². The van der Waals surface area contributed by atoms with Crippen molar-refractivity contribution in [3.05, 3.63) is 89.7 Å². The Morgan fingerprint density at radius 3 is 2.46 bits per heavy atom. The normalized spacial score (nSPS) is 13.2. The zero-order valence-corrected chi connectivity index (χ0v) is 14.7. The van der Waals surface area contributed by atoms with Crippen molar-refractivity contribution in [2.45, 2.75) is 32.0 Å². The maximum absolute atomic E-state index is 12.4. The highest BCUT2D eigenvalue weighted by Crippen LogP contribution is 2.17. The summed E-state index contributed by atoms with van der Waals surface area (Å²) in [5.41, 5.74) is 2.49. The fourth-order valence-electron chi connectivity index (χ4n) is 2.85. The number of amides is 1. The molecule has 1 heterocycles. The number of rotatable bonds is 7. The Morgan fingerprint density at radius 1 is 1.12 bits per heavy atom. The minimum atomic E-state index is -0.604. The molecule has 3 aromatic rings. The highest BCUT2D eigenvalue weighted by molar-refractivity contribution is 5.93. The van der Waals surface area contributed by atoms with Crippen LogP contribution in [-0.2, 0) is 6.54 Å². The van der Waals surface area contributed by atoms with E-state index in [4.69, 9.17) is 0 Å². The monoisotopic (exact) mass is 349 g/mol. The van der Waals surface area contributed by atoms with Crippen LogP contribution in [-0.4, -0.2) is 26.8 Å². The lowest BCUT2D eigenvalue weighted by Crippen LogP contribution is -2.33. The largest absolute Gasteiger partial charge is 0.388 e. The fourth-order valence-corrected chi connectivity index (χ4v) is 2.85. The number of aliphatic hydroxyl groups is 1. The van der Waals surface area contributed by atoms with E-state index in [2.05, 4.69) is 10.4 Å². The number of aliphatic hydroxyl groups excluding tert-OH is 1. The smallest absolute Gasteiger partial charge is 0.254 e. The molecule has 2 atom stereocenters. The van der Waals surface area contributed by atoms with Gasteiger partial charge >= 0.3 is 0 Å². The van der Waals surface area contributed by atoms with Crippen molar-refractivity contribution in [1.29, 1.82) is 0 Å². The predicted octanol–water partition coefficient (Wildman–Crippen LogP) is 3.17. The van der Waals surface area contributed by atoms with Crippen molar-refractivity contribution in [3.8, 4) is 0 Å². The van der Waals surface area contributed by atoms with E-state index in [1.165, 1.54) is 0 Å². The molecule has 2 N–H and O–H groups in total. The Hall–Kier alpha value is -2.92. The van der Waals surface area contributed by atoms with E-state index in [0.29, 0.717) is 18.5 Å². The number of aromatic nitrogens is 2. The summed E-state index contributed by atoms with van der Waals surface area (Å²) in [6, 6.07) is 19.3. The highest BCUT2D eigenvalue weighted by Gasteiger charge is 2.16. The second-order valence-corrected chi connectivity index (χ2v) is 6.45. The number of nitrogens with one attached hydrogen (secondary N) is 1. The van der Waals surface area contributed by atoms with Gasteiger partial charge in [-0.05, 0) is 24.5 Å². The Labute approximate surface area is 153 Å². The maximum Gasteiger partial charge on any atom is 0.254 e. The summed E-state index contributed by atoms with van der Waals surface area (Å²) < 4.78 is 1.74. The van der Waals surface area contributed by atoms with Crippen molar-refractivity contribution < 1.29 is 9.90 Å². The molecular formula is C21H23N3O2. The van der Waals surface area contributed by atoms with Crippen LogP contribution in [0.5, 0.6) is 0 Å². The fraction of sp³-hybridized carbons (Fsp3) is 0.238. The summed E-state index contributed by atoms with van der Waals surface area (Å²) in [7, 11) is 0. The van der Waals surface area contributed by atoms with E-state index in [0.717, 1.165) is 11.1 Å². The van der Waals surface area contributed by atoms with Gasteiger partial charge in [0.15, 0.2) is 0 Å². The van der Waals surface area contributed by atoms with Gasteiger partial charge in [0.05, 0.1) is 24.4 Å². The Morgan fingerprint density at radius 2 is 1.77 bits per heavy atom. The first-order valence-electron chi connectivity index (χ1n) is 8.72. The summed E-state index contributed by atoms with van der Waals surface area (Å²) in [5.74, 6) is -0.183. The number of carbonyl (C=O) groups is 1. The molecule has 1 aromatic heterocycles. The molecule has 5 nitrogen and oxygen atoms in total. The molecule has 0 radical (unpaired) electrons. The van der Waals surface area contributed by atoms with Crippen LogP contribution in [0.25, 0.3) is 0 Å². The average Bonchev–Trinajstić information content (AvgIpc) is 3.12. The number of nitrogens with zero attached hydrogens (tertiary/aromatic N) is 2. The van der Waals surface area contributed by atoms with Gasteiger partial charge in [-0.2, -0.15) is 5.10 Å². The standard InChI is InChI=1S/C21H23N3O2/c1-16(12-20(25)18-10-6-3-7-11-18)23-21(26)19-13-22-24(15-19)14-17-8-4-2-5-9-17/h2-11,13,15-16,20,25H,12,14H2,1H3,(H,23,26). The van der Waals surface area contributed by atoms with Crippen LogP contribution in [0.3, 0.4) is 0 Å². The van der Waals surface area contributed by atoms with Crippen LogP contribution in [0.4, 0.5) is 0 Å². The molecule has 0 aliphatic rings. The Balaban J connectivity index is 1.54. The average molecular weight is 349 g/mol. The van der Waals surface area contributed by atoms with Crippen molar-refractivity contribution >= 4 is 5.91 Å². The number of hydrogen-bond acceptors (Lipinski definition) is 3. The number of hydrogen-bond donors (Lipinski definition) is 2. The molecule has 2 unspecified atom stereocenters. The molecule has 0 aliphatic heterocycles. The van der Waals surface area contributed by atoms with Crippen LogP contribution in [0, 0.1) is 0 Å². The first kappa shape index (κ1) is 17.9. The van der Waals surface area contributed by atoms with Crippen LogP contribution >= 0.6 is 0 Å². The quantitative estimate of drug-likeness (QED) is 0.688. The van der Waals surface area contributed by atoms with E-state index in [-0.39, 0.29) is 11.9 Å². The summed E-state index contributed by atoms with van der Waals surface area (Å²) in [4.78, 5) is 12.4. The molecule has 2 aromatic carbocycles. The molecule has 26 heavy (non-hydrogen) atoms. The van der Waals surface area contributed by atoms with Crippen molar-refractivity contribution in [3.63, 3.8) is 0 Å².